The van der Waals surface area contributed by atoms with Crippen LogP contribution in [0.15, 0.2) is 48.6 Å². The van der Waals surface area contributed by atoms with E-state index in [-0.39, 0.29) is 17.6 Å². The van der Waals surface area contributed by atoms with Gasteiger partial charge in [0.25, 0.3) is 0 Å². The molecule has 0 amide bonds. The third kappa shape index (κ3) is 2.67. The lowest BCUT2D eigenvalue weighted by Crippen LogP contribution is -2.13. The zero-order valence-corrected chi connectivity index (χ0v) is 12.7. The van der Waals surface area contributed by atoms with Crippen molar-refractivity contribution >= 4 is 0 Å². The van der Waals surface area contributed by atoms with E-state index >= 15 is 0 Å². The van der Waals surface area contributed by atoms with Gasteiger partial charge in [-0.2, -0.15) is 0 Å². The molecule has 2 aromatic carbocycles. The van der Waals surface area contributed by atoms with Gasteiger partial charge < -0.3 is 14.9 Å². The Morgan fingerprint density at radius 3 is 2.64 bits per heavy atom. The second kappa shape index (κ2) is 5.76. The number of fused-ring (bicyclic) bond motifs is 1. The fourth-order valence-electron chi connectivity index (χ4n) is 2.87. The Labute approximate surface area is 130 Å². The van der Waals surface area contributed by atoms with Crippen LogP contribution < -0.4 is 4.74 Å². The van der Waals surface area contributed by atoms with E-state index in [9.17, 15) is 10.2 Å². The zero-order chi connectivity index (χ0) is 15.7. The highest BCUT2D eigenvalue weighted by Crippen LogP contribution is 2.46. The molecule has 22 heavy (non-hydrogen) atoms. The summed E-state index contributed by atoms with van der Waals surface area (Å²) in [6, 6.07) is 11.9. The Kier molecular flexibility index (Phi) is 3.80. The molecular weight excluding hydrogens is 276 g/mol. The molecule has 2 N–H and O–H groups in total. The molecule has 1 aliphatic heterocycles. The van der Waals surface area contributed by atoms with Crippen LogP contribution in [0, 0.1) is 0 Å². The largest absolute Gasteiger partial charge is 0.504 e. The SMILES string of the molecule is C=C(C)[C@H]1Cc2c(CCc3ccccc3)cc(O)c(O)c2O1. The van der Waals surface area contributed by atoms with E-state index < -0.39 is 0 Å². The first-order chi connectivity index (χ1) is 10.6. The molecule has 0 radical (unpaired) electrons. The van der Waals surface area contributed by atoms with Crippen molar-refractivity contribution in [3.63, 3.8) is 0 Å². The highest BCUT2D eigenvalue weighted by molar-refractivity contribution is 5.60. The van der Waals surface area contributed by atoms with Crippen molar-refractivity contribution < 1.29 is 14.9 Å². The number of phenols is 2. The van der Waals surface area contributed by atoms with E-state index in [4.69, 9.17) is 4.74 Å². The molecule has 0 saturated heterocycles. The monoisotopic (exact) mass is 296 g/mol. The van der Waals surface area contributed by atoms with E-state index in [0.717, 1.165) is 29.5 Å². The van der Waals surface area contributed by atoms with E-state index in [1.165, 1.54) is 5.56 Å². The van der Waals surface area contributed by atoms with Crippen LogP contribution in [0.5, 0.6) is 17.2 Å². The van der Waals surface area contributed by atoms with Gasteiger partial charge in [0, 0.05) is 12.0 Å². The fourth-order valence-corrected chi connectivity index (χ4v) is 2.87. The molecule has 0 aliphatic carbocycles. The number of aromatic hydroxyl groups is 2. The summed E-state index contributed by atoms with van der Waals surface area (Å²) in [6.07, 6.45) is 2.25. The molecule has 1 aliphatic rings. The quantitative estimate of drug-likeness (QED) is 0.667. The summed E-state index contributed by atoms with van der Waals surface area (Å²) in [5.41, 5.74) is 4.18. The predicted octanol–water partition coefficient (Wildman–Crippen LogP) is 3.76. The number of benzene rings is 2. The molecule has 0 saturated carbocycles. The average Bonchev–Trinajstić information content (AvgIpc) is 2.96. The zero-order valence-electron chi connectivity index (χ0n) is 12.7. The lowest BCUT2D eigenvalue weighted by molar-refractivity contribution is 0.257. The second-order valence-electron chi connectivity index (χ2n) is 5.85. The van der Waals surface area contributed by atoms with Gasteiger partial charge >= 0.3 is 0 Å². The van der Waals surface area contributed by atoms with Crippen LogP contribution in [0.4, 0.5) is 0 Å². The van der Waals surface area contributed by atoms with Crippen molar-refractivity contribution in [2.75, 3.05) is 0 Å². The van der Waals surface area contributed by atoms with Crippen LogP contribution in [0.2, 0.25) is 0 Å². The van der Waals surface area contributed by atoms with Gasteiger partial charge in [-0.15, -0.1) is 0 Å². The molecular formula is C19H20O3. The van der Waals surface area contributed by atoms with Gasteiger partial charge in [0.2, 0.25) is 5.75 Å². The maximum absolute atomic E-state index is 10.0. The minimum absolute atomic E-state index is 0.121. The number of hydrogen-bond acceptors (Lipinski definition) is 3. The van der Waals surface area contributed by atoms with Crippen molar-refractivity contribution in [3.8, 4) is 17.2 Å². The molecule has 114 valence electrons. The highest BCUT2D eigenvalue weighted by Gasteiger charge is 2.30. The van der Waals surface area contributed by atoms with E-state index in [1.807, 2.05) is 25.1 Å². The van der Waals surface area contributed by atoms with E-state index in [1.54, 1.807) is 6.07 Å². The van der Waals surface area contributed by atoms with Crippen molar-refractivity contribution in [2.45, 2.75) is 32.3 Å². The molecule has 0 aromatic heterocycles. The molecule has 3 heteroatoms. The molecule has 3 rings (SSSR count). The van der Waals surface area contributed by atoms with E-state index in [2.05, 4.69) is 18.7 Å². The third-order valence-corrected chi connectivity index (χ3v) is 4.16. The Morgan fingerprint density at radius 2 is 1.95 bits per heavy atom. The molecule has 0 bridgehead atoms. The average molecular weight is 296 g/mol. The van der Waals surface area contributed by atoms with Crippen molar-refractivity contribution in [1.82, 2.24) is 0 Å². The van der Waals surface area contributed by atoms with Gasteiger partial charge in [0.1, 0.15) is 6.10 Å². The van der Waals surface area contributed by atoms with Gasteiger partial charge in [0.05, 0.1) is 0 Å². The second-order valence-corrected chi connectivity index (χ2v) is 5.85. The van der Waals surface area contributed by atoms with Crippen LogP contribution in [-0.2, 0) is 19.3 Å². The first-order valence-electron chi connectivity index (χ1n) is 7.49. The lowest BCUT2D eigenvalue weighted by Gasteiger charge is -2.11. The van der Waals surface area contributed by atoms with Gasteiger partial charge in [-0.3, -0.25) is 0 Å². The van der Waals surface area contributed by atoms with Gasteiger partial charge in [-0.25, -0.2) is 0 Å². The maximum atomic E-state index is 10.0. The number of hydrogen-bond donors (Lipinski definition) is 2. The van der Waals surface area contributed by atoms with Crippen LogP contribution >= 0.6 is 0 Å². The molecule has 1 heterocycles. The van der Waals surface area contributed by atoms with Gasteiger partial charge in [-0.1, -0.05) is 36.9 Å². The maximum Gasteiger partial charge on any atom is 0.200 e. The molecule has 2 aromatic rings. The highest BCUT2D eigenvalue weighted by atomic mass is 16.5. The number of phenolic OH excluding ortho intramolecular Hbond substituents is 2. The summed E-state index contributed by atoms with van der Waals surface area (Å²) in [6.45, 7) is 5.84. The van der Waals surface area contributed by atoms with Crippen molar-refractivity contribution in [1.29, 1.82) is 0 Å². The van der Waals surface area contributed by atoms with Crippen LogP contribution in [0.3, 0.4) is 0 Å². The smallest absolute Gasteiger partial charge is 0.200 e. The van der Waals surface area contributed by atoms with Gasteiger partial charge in [0.15, 0.2) is 11.5 Å². The topological polar surface area (TPSA) is 49.7 Å². The standard InChI is InChI=1S/C19H20O3/c1-12(2)17-11-15-14(9-8-13-6-4-3-5-7-13)10-16(20)18(21)19(15)22-17/h3-7,10,17,20-21H,1,8-9,11H2,2H3/t17-/m1/s1. The molecule has 0 unspecified atom stereocenters. The molecule has 3 nitrogen and oxygen atoms in total. The number of ether oxygens (including phenoxy) is 1. The van der Waals surface area contributed by atoms with Gasteiger partial charge in [-0.05, 0) is 42.5 Å². The fraction of sp³-hybridized carbons (Fsp3) is 0.263. The lowest BCUT2D eigenvalue weighted by atomic mass is 9.95. The number of rotatable bonds is 4. The predicted molar refractivity (Wildman–Crippen MR) is 86.6 cm³/mol. The van der Waals surface area contributed by atoms with Crippen molar-refractivity contribution in [2.24, 2.45) is 0 Å². The molecule has 0 fully saturated rings. The van der Waals surface area contributed by atoms with Crippen LogP contribution in [-0.4, -0.2) is 16.3 Å². The Hall–Kier alpha value is -2.42. The minimum Gasteiger partial charge on any atom is -0.504 e. The molecule has 1 atom stereocenters. The summed E-state index contributed by atoms with van der Waals surface area (Å²) >= 11 is 0. The molecule has 0 spiro atoms. The summed E-state index contributed by atoms with van der Waals surface area (Å²) in [7, 11) is 0. The van der Waals surface area contributed by atoms with Crippen molar-refractivity contribution in [3.05, 3.63) is 65.2 Å². The number of aryl methyl sites for hydroxylation is 2. The Balaban J connectivity index is 1.88. The van der Waals surface area contributed by atoms with Crippen LogP contribution in [0.25, 0.3) is 0 Å². The third-order valence-electron chi connectivity index (χ3n) is 4.16. The van der Waals surface area contributed by atoms with E-state index in [0.29, 0.717) is 12.2 Å². The summed E-state index contributed by atoms with van der Waals surface area (Å²) in [4.78, 5) is 0. The first kappa shape index (κ1) is 14.5. The van der Waals surface area contributed by atoms with Crippen LogP contribution in [0.1, 0.15) is 23.6 Å². The summed E-state index contributed by atoms with van der Waals surface area (Å²) < 4.78 is 5.76. The Bertz CT molecular complexity index is 704. The summed E-state index contributed by atoms with van der Waals surface area (Å²) in [5.74, 6) is 0.127. The first-order valence-corrected chi connectivity index (χ1v) is 7.49. The normalized spacial score (nSPS) is 16.1. The Morgan fingerprint density at radius 1 is 1.23 bits per heavy atom. The minimum atomic E-state index is -0.165. The summed E-state index contributed by atoms with van der Waals surface area (Å²) in [5, 5.41) is 20.0.